The molecule has 4 nitrogen and oxygen atoms in total. The van der Waals surface area contributed by atoms with Crippen LogP contribution in [0.2, 0.25) is 0 Å². The number of rotatable bonds is 5. The van der Waals surface area contributed by atoms with Crippen molar-refractivity contribution in [1.29, 1.82) is 0 Å². The Morgan fingerprint density at radius 1 is 1.22 bits per heavy atom. The fourth-order valence-corrected chi connectivity index (χ4v) is 3.07. The lowest BCUT2D eigenvalue weighted by Crippen LogP contribution is -2.31. The molecule has 0 aromatic heterocycles. The molecular weight excluding hydrogens is 367 g/mol. The van der Waals surface area contributed by atoms with Crippen molar-refractivity contribution >= 4 is 24.0 Å². The lowest BCUT2D eigenvalue weighted by molar-refractivity contribution is -0.122. The minimum absolute atomic E-state index is 0. The highest BCUT2D eigenvalue weighted by atomic mass is 35.5. The Balaban J connectivity index is 0.00000261. The molecule has 2 aromatic rings. The van der Waals surface area contributed by atoms with Gasteiger partial charge < -0.3 is 15.4 Å². The molecule has 1 amide bonds. The van der Waals surface area contributed by atoms with Crippen LogP contribution in [-0.4, -0.2) is 18.6 Å². The van der Waals surface area contributed by atoms with Gasteiger partial charge in [-0.15, -0.1) is 12.4 Å². The summed E-state index contributed by atoms with van der Waals surface area (Å²) in [5.41, 5.74) is 2.98. The van der Waals surface area contributed by atoms with Gasteiger partial charge in [-0.25, -0.2) is 4.39 Å². The van der Waals surface area contributed by atoms with Crippen molar-refractivity contribution in [3.63, 3.8) is 0 Å². The molecule has 2 N–H and O–H groups in total. The maximum absolute atomic E-state index is 14.7. The molecule has 0 fully saturated rings. The van der Waals surface area contributed by atoms with Gasteiger partial charge in [-0.3, -0.25) is 4.79 Å². The molecule has 0 saturated heterocycles. The standard InChI is InChI=1S/C21H25FN2O2.ClH/c1-13(2)15-5-4-6-17(11-15)26-14(3)21(25)24-19-8-7-16-12-23-10-9-18(16)20(19)22;/h4-8,11,13-14,23H,9-10,12H2,1-3H3,(H,24,25);1H. The second kappa shape index (κ2) is 9.20. The van der Waals surface area contributed by atoms with Gasteiger partial charge in [0.05, 0.1) is 5.69 Å². The summed E-state index contributed by atoms with van der Waals surface area (Å²) >= 11 is 0. The minimum Gasteiger partial charge on any atom is -0.481 e. The zero-order chi connectivity index (χ0) is 18.7. The SMILES string of the molecule is CC(Oc1cccc(C(C)C)c1)C(=O)Nc1ccc2c(c1F)CCNC2.Cl. The van der Waals surface area contributed by atoms with E-state index in [0.29, 0.717) is 30.2 Å². The van der Waals surface area contributed by atoms with Crippen LogP contribution in [0, 0.1) is 5.82 Å². The number of fused-ring (bicyclic) bond motifs is 1. The van der Waals surface area contributed by atoms with Crippen LogP contribution in [0.4, 0.5) is 10.1 Å². The Hall–Kier alpha value is -2.11. The van der Waals surface area contributed by atoms with E-state index >= 15 is 0 Å². The fraction of sp³-hybridized carbons (Fsp3) is 0.381. The summed E-state index contributed by atoms with van der Waals surface area (Å²) in [6, 6.07) is 11.2. The Morgan fingerprint density at radius 3 is 2.74 bits per heavy atom. The molecular formula is C21H26ClFN2O2. The Bertz CT molecular complexity index is 811. The highest BCUT2D eigenvalue weighted by molar-refractivity contribution is 5.94. The van der Waals surface area contributed by atoms with Crippen molar-refractivity contribution in [3.05, 3.63) is 58.9 Å². The summed E-state index contributed by atoms with van der Waals surface area (Å²) < 4.78 is 20.4. The smallest absolute Gasteiger partial charge is 0.265 e. The van der Waals surface area contributed by atoms with Gasteiger partial charge in [0.1, 0.15) is 11.6 Å². The third-order valence-electron chi connectivity index (χ3n) is 4.67. The lowest BCUT2D eigenvalue weighted by Gasteiger charge is -2.20. The number of carbonyl (C=O) groups is 1. The van der Waals surface area contributed by atoms with Crippen LogP contribution in [0.25, 0.3) is 0 Å². The summed E-state index contributed by atoms with van der Waals surface area (Å²) in [6.07, 6.45) is -0.103. The first-order valence-electron chi connectivity index (χ1n) is 9.04. The zero-order valence-electron chi connectivity index (χ0n) is 15.8. The normalized spacial score (nSPS) is 14.1. The molecule has 27 heavy (non-hydrogen) atoms. The van der Waals surface area contributed by atoms with Crippen molar-refractivity contribution in [2.24, 2.45) is 0 Å². The number of hydrogen-bond donors (Lipinski definition) is 2. The van der Waals surface area contributed by atoms with Crippen LogP contribution in [0.15, 0.2) is 36.4 Å². The Labute approximate surface area is 165 Å². The number of carbonyl (C=O) groups excluding carboxylic acids is 1. The fourth-order valence-electron chi connectivity index (χ4n) is 3.07. The summed E-state index contributed by atoms with van der Waals surface area (Å²) in [5.74, 6) is 0.302. The molecule has 146 valence electrons. The maximum Gasteiger partial charge on any atom is 0.265 e. The topological polar surface area (TPSA) is 50.4 Å². The average Bonchev–Trinajstić information content (AvgIpc) is 2.64. The number of benzene rings is 2. The van der Waals surface area contributed by atoms with E-state index in [-0.39, 0.29) is 29.8 Å². The van der Waals surface area contributed by atoms with Gasteiger partial charge in [0.15, 0.2) is 6.10 Å². The molecule has 0 radical (unpaired) electrons. The third-order valence-corrected chi connectivity index (χ3v) is 4.67. The van der Waals surface area contributed by atoms with Crippen LogP contribution >= 0.6 is 12.4 Å². The van der Waals surface area contributed by atoms with E-state index in [1.54, 1.807) is 13.0 Å². The van der Waals surface area contributed by atoms with Gasteiger partial charge in [0.25, 0.3) is 5.91 Å². The lowest BCUT2D eigenvalue weighted by atomic mass is 9.99. The van der Waals surface area contributed by atoms with Crippen LogP contribution in [0.1, 0.15) is 43.4 Å². The van der Waals surface area contributed by atoms with Crippen molar-refractivity contribution in [2.75, 3.05) is 11.9 Å². The van der Waals surface area contributed by atoms with Gasteiger partial charge in [-0.05, 0) is 60.7 Å². The third kappa shape index (κ3) is 4.99. The molecule has 0 bridgehead atoms. The molecule has 1 aliphatic rings. The number of hydrogen-bond acceptors (Lipinski definition) is 3. The highest BCUT2D eigenvalue weighted by Gasteiger charge is 2.20. The first-order chi connectivity index (χ1) is 12.5. The van der Waals surface area contributed by atoms with E-state index in [1.807, 2.05) is 30.3 Å². The molecule has 1 heterocycles. The summed E-state index contributed by atoms with van der Waals surface area (Å²) in [4.78, 5) is 12.4. The van der Waals surface area contributed by atoms with Gasteiger partial charge in [0.2, 0.25) is 0 Å². The average molecular weight is 393 g/mol. The van der Waals surface area contributed by atoms with Crippen LogP contribution in [-0.2, 0) is 17.8 Å². The van der Waals surface area contributed by atoms with E-state index in [2.05, 4.69) is 24.5 Å². The Morgan fingerprint density at radius 2 is 2.00 bits per heavy atom. The van der Waals surface area contributed by atoms with Gasteiger partial charge in [-0.2, -0.15) is 0 Å². The van der Waals surface area contributed by atoms with E-state index in [0.717, 1.165) is 17.7 Å². The van der Waals surface area contributed by atoms with Crippen LogP contribution in [0.3, 0.4) is 0 Å². The molecule has 3 rings (SSSR count). The van der Waals surface area contributed by atoms with E-state index in [1.165, 1.54) is 0 Å². The number of anilines is 1. The second-order valence-electron chi connectivity index (χ2n) is 6.97. The van der Waals surface area contributed by atoms with Crippen molar-refractivity contribution < 1.29 is 13.9 Å². The van der Waals surface area contributed by atoms with Gasteiger partial charge in [-0.1, -0.05) is 32.0 Å². The summed E-state index contributed by atoms with van der Waals surface area (Å²) in [7, 11) is 0. The zero-order valence-corrected chi connectivity index (χ0v) is 16.7. The van der Waals surface area contributed by atoms with Crippen LogP contribution < -0.4 is 15.4 Å². The number of ether oxygens (including phenoxy) is 1. The van der Waals surface area contributed by atoms with Gasteiger partial charge >= 0.3 is 0 Å². The number of nitrogens with one attached hydrogen (secondary N) is 2. The first-order valence-corrected chi connectivity index (χ1v) is 9.04. The van der Waals surface area contributed by atoms with E-state index in [9.17, 15) is 9.18 Å². The molecule has 1 unspecified atom stereocenters. The molecule has 0 aliphatic carbocycles. The first kappa shape index (κ1) is 21.2. The van der Waals surface area contributed by atoms with Crippen molar-refractivity contribution in [2.45, 2.75) is 45.8 Å². The number of halogens is 2. The van der Waals surface area contributed by atoms with Gasteiger partial charge in [0, 0.05) is 6.54 Å². The van der Waals surface area contributed by atoms with Crippen molar-refractivity contribution in [1.82, 2.24) is 5.32 Å². The summed E-state index contributed by atoms with van der Waals surface area (Å²) in [5, 5.41) is 5.87. The molecule has 0 spiro atoms. The largest absolute Gasteiger partial charge is 0.481 e. The van der Waals surface area contributed by atoms with Crippen molar-refractivity contribution in [3.8, 4) is 5.75 Å². The monoisotopic (exact) mass is 392 g/mol. The molecule has 0 saturated carbocycles. The molecule has 2 aromatic carbocycles. The predicted molar refractivity (Wildman–Crippen MR) is 108 cm³/mol. The van der Waals surface area contributed by atoms with E-state index < -0.39 is 6.10 Å². The summed E-state index contributed by atoms with van der Waals surface area (Å²) in [6.45, 7) is 7.27. The molecule has 1 atom stereocenters. The number of amides is 1. The second-order valence-corrected chi connectivity index (χ2v) is 6.97. The molecule has 6 heteroatoms. The quantitative estimate of drug-likeness (QED) is 0.791. The minimum atomic E-state index is -0.727. The predicted octanol–water partition coefficient (Wildman–Crippen LogP) is 4.42. The van der Waals surface area contributed by atoms with E-state index in [4.69, 9.17) is 4.74 Å². The highest BCUT2D eigenvalue weighted by Crippen LogP contribution is 2.25. The Kier molecular flexibility index (Phi) is 7.22. The maximum atomic E-state index is 14.7. The molecule has 1 aliphatic heterocycles. The van der Waals surface area contributed by atoms with Crippen LogP contribution in [0.5, 0.6) is 5.75 Å².